The molecule has 0 amide bonds. The molecular weight excluding hydrogens is 382 g/mol. The lowest BCUT2D eigenvalue weighted by Crippen LogP contribution is -2.05. The zero-order valence-electron chi connectivity index (χ0n) is 14.3. The Kier molecular flexibility index (Phi) is 4.69. The number of nitrogens with two attached hydrogens (primary N) is 1. The third kappa shape index (κ3) is 3.46. The van der Waals surface area contributed by atoms with E-state index in [0.717, 1.165) is 26.2 Å². The van der Waals surface area contributed by atoms with Crippen LogP contribution in [0.4, 0.5) is 11.6 Å². The fraction of sp³-hybridized carbons (Fsp3) is 0.111. The molecule has 0 saturated heterocycles. The minimum atomic E-state index is -0.386. The Morgan fingerprint density at radius 3 is 2.96 bits per heavy atom. The maximum absolute atomic E-state index is 11.7. The van der Waals surface area contributed by atoms with Gasteiger partial charge < -0.3 is 15.8 Å². The summed E-state index contributed by atoms with van der Waals surface area (Å²) in [5.74, 6) is 0.624. The van der Waals surface area contributed by atoms with Crippen LogP contribution in [0, 0.1) is 0 Å². The van der Waals surface area contributed by atoms with E-state index < -0.39 is 0 Å². The van der Waals surface area contributed by atoms with Crippen molar-refractivity contribution in [1.82, 2.24) is 15.0 Å². The van der Waals surface area contributed by atoms with Crippen LogP contribution in [-0.2, 0) is 11.3 Å². The normalized spacial score (nSPS) is 10.9. The van der Waals surface area contributed by atoms with Crippen LogP contribution in [0.5, 0.6) is 0 Å². The molecule has 1 aromatic carbocycles. The molecule has 0 saturated carbocycles. The van der Waals surface area contributed by atoms with Gasteiger partial charge in [0.2, 0.25) is 0 Å². The summed E-state index contributed by atoms with van der Waals surface area (Å²) in [6.45, 7) is 0.567. The minimum Gasteiger partial charge on any atom is -0.465 e. The van der Waals surface area contributed by atoms with Gasteiger partial charge in [-0.15, -0.1) is 22.7 Å². The maximum atomic E-state index is 11.7. The summed E-state index contributed by atoms with van der Waals surface area (Å²) < 4.78 is 4.77. The van der Waals surface area contributed by atoms with Gasteiger partial charge >= 0.3 is 5.97 Å². The van der Waals surface area contributed by atoms with Crippen LogP contribution in [0.25, 0.3) is 21.3 Å². The fourth-order valence-electron chi connectivity index (χ4n) is 2.64. The number of hydrogen-bond acceptors (Lipinski definition) is 9. The fourth-order valence-corrected chi connectivity index (χ4v) is 4.26. The first-order chi connectivity index (χ1) is 13.2. The van der Waals surface area contributed by atoms with Gasteiger partial charge in [-0.2, -0.15) is 0 Å². The number of ether oxygens (including phenoxy) is 1. The summed E-state index contributed by atoms with van der Waals surface area (Å²) in [6, 6.07) is 10.1. The van der Waals surface area contributed by atoms with E-state index in [1.807, 2.05) is 24.3 Å². The average molecular weight is 397 g/mol. The SMILES string of the molecule is COC(=O)c1scnc1NCc1ccc(-c2ccc3ncnc(N)c3c2)s1. The number of esters is 1. The van der Waals surface area contributed by atoms with E-state index in [0.29, 0.717) is 23.1 Å². The number of thiazole rings is 1. The van der Waals surface area contributed by atoms with Gasteiger partial charge in [-0.25, -0.2) is 19.7 Å². The Labute approximate surface area is 162 Å². The quantitative estimate of drug-likeness (QED) is 0.494. The molecule has 27 heavy (non-hydrogen) atoms. The van der Waals surface area contributed by atoms with Crippen molar-refractivity contribution in [3.05, 3.63) is 51.9 Å². The van der Waals surface area contributed by atoms with Crippen LogP contribution in [0.2, 0.25) is 0 Å². The third-order valence-electron chi connectivity index (χ3n) is 3.98. The number of nitrogens with one attached hydrogen (secondary N) is 1. The molecule has 0 aliphatic rings. The molecule has 3 heterocycles. The van der Waals surface area contributed by atoms with Gasteiger partial charge in [0.25, 0.3) is 0 Å². The number of hydrogen-bond donors (Lipinski definition) is 2. The van der Waals surface area contributed by atoms with Crippen LogP contribution in [0.3, 0.4) is 0 Å². The summed E-state index contributed by atoms with van der Waals surface area (Å²) in [7, 11) is 1.36. The largest absolute Gasteiger partial charge is 0.465 e. The summed E-state index contributed by atoms with van der Waals surface area (Å²) in [6.07, 6.45) is 1.47. The van der Waals surface area contributed by atoms with Gasteiger partial charge in [0.05, 0.1) is 24.7 Å². The van der Waals surface area contributed by atoms with Crippen molar-refractivity contribution in [3.8, 4) is 10.4 Å². The van der Waals surface area contributed by atoms with Gasteiger partial charge in [0.1, 0.15) is 12.1 Å². The number of nitrogens with zero attached hydrogens (tertiary/aromatic N) is 3. The second kappa shape index (κ2) is 7.29. The van der Waals surface area contributed by atoms with E-state index in [1.165, 1.54) is 24.8 Å². The molecule has 0 fully saturated rings. The predicted molar refractivity (Wildman–Crippen MR) is 108 cm³/mol. The van der Waals surface area contributed by atoms with Gasteiger partial charge in [0.15, 0.2) is 10.7 Å². The molecule has 7 nitrogen and oxygen atoms in total. The lowest BCUT2D eigenvalue weighted by molar-refractivity contribution is 0.0607. The second-order valence-electron chi connectivity index (χ2n) is 5.63. The van der Waals surface area contributed by atoms with Crippen molar-refractivity contribution in [2.75, 3.05) is 18.2 Å². The molecule has 0 radical (unpaired) electrons. The number of anilines is 2. The highest BCUT2D eigenvalue weighted by Gasteiger charge is 2.15. The first-order valence-electron chi connectivity index (χ1n) is 8.00. The molecule has 136 valence electrons. The Morgan fingerprint density at radius 1 is 1.22 bits per heavy atom. The smallest absolute Gasteiger partial charge is 0.351 e. The summed E-state index contributed by atoms with van der Waals surface area (Å²) in [5.41, 5.74) is 9.46. The Balaban J connectivity index is 1.53. The minimum absolute atomic E-state index is 0.386. The number of aromatic nitrogens is 3. The lowest BCUT2D eigenvalue weighted by atomic mass is 10.1. The topological polar surface area (TPSA) is 103 Å². The molecule has 4 rings (SSSR count). The molecule has 0 bridgehead atoms. The zero-order valence-corrected chi connectivity index (χ0v) is 15.9. The summed E-state index contributed by atoms with van der Waals surface area (Å²) in [4.78, 5) is 26.9. The number of rotatable bonds is 5. The molecule has 0 aliphatic heterocycles. The summed E-state index contributed by atoms with van der Waals surface area (Å²) in [5, 5.41) is 4.04. The summed E-state index contributed by atoms with van der Waals surface area (Å²) >= 11 is 2.91. The van der Waals surface area contributed by atoms with E-state index in [1.54, 1.807) is 16.8 Å². The molecule has 4 aromatic rings. The van der Waals surface area contributed by atoms with Crippen LogP contribution in [0.15, 0.2) is 42.2 Å². The first-order valence-corrected chi connectivity index (χ1v) is 9.70. The average Bonchev–Trinajstić information content (AvgIpc) is 3.35. The van der Waals surface area contributed by atoms with Crippen LogP contribution in [-0.4, -0.2) is 28.0 Å². The van der Waals surface area contributed by atoms with Crippen LogP contribution in [0.1, 0.15) is 14.5 Å². The van der Waals surface area contributed by atoms with Crippen LogP contribution >= 0.6 is 22.7 Å². The van der Waals surface area contributed by atoms with Gasteiger partial charge in [-0.05, 0) is 29.8 Å². The number of nitrogen functional groups attached to an aromatic ring is 1. The molecule has 0 unspecified atom stereocenters. The monoisotopic (exact) mass is 397 g/mol. The van der Waals surface area contributed by atoms with Gasteiger partial charge in [-0.3, -0.25) is 0 Å². The highest BCUT2D eigenvalue weighted by Crippen LogP contribution is 2.31. The van der Waals surface area contributed by atoms with Crippen molar-refractivity contribution in [2.45, 2.75) is 6.54 Å². The molecule has 0 aliphatic carbocycles. The number of methoxy groups -OCH3 is 1. The molecule has 0 spiro atoms. The highest BCUT2D eigenvalue weighted by atomic mass is 32.1. The third-order valence-corrected chi connectivity index (χ3v) is 5.92. The second-order valence-corrected chi connectivity index (χ2v) is 7.66. The first kappa shape index (κ1) is 17.4. The lowest BCUT2D eigenvalue weighted by Gasteiger charge is -2.04. The standard InChI is InChI=1S/C18H15N5O2S2/c1-25-18(24)15-17(23-9-26-15)20-7-11-3-5-14(27-11)10-2-4-13-12(6-10)16(19)22-8-21-13/h2-6,8-9,20H,7H2,1H3,(H2,19,21,22). The molecule has 9 heteroatoms. The van der Waals surface area contributed by atoms with E-state index in [9.17, 15) is 4.79 Å². The van der Waals surface area contributed by atoms with Crippen LogP contribution < -0.4 is 11.1 Å². The van der Waals surface area contributed by atoms with E-state index in [2.05, 4.69) is 26.3 Å². The number of carbonyl (C=O) groups excluding carboxylic acids is 1. The Morgan fingerprint density at radius 2 is 2.11 bits per heavy atom. The van der Waals surface area contributed by atoms with Crippen molar-refractivity contribution >= 4 is 51.2 Å². The number of thiophene rings is 1. The van der Waals surface area contributed by atoms with Gasteiger partial charge in [-0.1, -0.05) is 6.07 Å². The van der Waals surface area contributed by atoms with Crippen molar-refractivity contribution in [2.24, 2.45) is 0 Å². The van der Waals surface area contributed by atoms with E-state index in [4.69, 9.17) is 10.5 Å². The van der Waals surface area contributed by atoms with Crippen molar-refractivity contribution in [3.63, 3.8) is 0 Å². The van der Waals surface area contributed by atoms with E-state index in [-0.39, 0.29) is 5.97 Å². The molecule has 3 N–H and O–H groups in total. The molecule has 3 aromatic heterocycles. The van der Waals surface area contributed by atoms with Gasteiger partial charge in [0, 0.05) is 15.1 Å². The molecule has 0 atom stereocenters. The number of fused-ring (bicyclic) bond motifs is 1. The Hall–Kier alpha value is -3.04. The van der Waals surface area contributed by atoms with Crippen molar-refractivity contribution in [1.29, 1.82) is 0 Å². The zero-order chi connectivity index (χ0) is 18.8. The molecular formula is C18H15N5O2S2. The number of benzene rings is 1. The maximum Gasteiger partial charge on any atom is 0.351 e. The number of carbonyl (C=O) groups is 1. The van der Waals surface area contributed by atoms with E-state index >= 15 is 0 Å². The Bertz CT molecular complexity index is 1120. The highest BCUT2D eigenvalue weighted by molar-refractivity contribution is 7.15. The van der Waals surface area contributed by atoms with Crippen molar-refractivity contribution < 1.29 is 9.53 Å². The predicted octanol–water partition coefficient (Wildman–Crippen LogP) is 3.80.